The predicted molar refractivity (Wildman–Crippen MR) is 118 cm³/mol. The number of nitrogens with one attached hydrogen (secondary N) is 1. The van der Waals surface area contributed by atoms with Crippen molar-refractivity contribution >= 4 is 37.3 Å². The molecule has 1 saturated heterocycles. The molecule has 0 atom stereocenters. The van der Waals surface area contributed by atoms with Gasteiger partial charge in [0, 0.05) is 18.8 Å². The van der Waals surface area contributed by atoms with E-state index in [0.29, 0.717) is 37.7 Å². The molecule has 0 aromatic heterocycles. The number of hydrogen-bond acceptors (Lipinski definition) is 6. The second-order valence-electron chi connectivity index (χ2n) is 7.20. The molecule has 2 aromatic carbocycles. The lowest BCUT2D eigenvalue weighted by Gasteiger charge is -2.26. The van der Waals surface area contributed by atoms with Crippen molar-refractivity contribution in [2.75, 3.05) is 48.7 Å². The number of nitrogens with zero attached hydrogens (tertiary/aromatic N) is 2. The Morgan fingerprint density at radius 2 is 1.71 bits per heavy atom. The highest BCUT2D eigenvalue weighted by Crippen LogP contribution is 2.21. The lowest BCUT2D eigenvalue weighted by molar-refractivity contribution is -0.114. The van der Waals surface area contributed by atoms with Crippen molar-refractivity contribution in [1.82, 2.24) is 4.31 Å². The molecule has 0 unspecified atom stereocenters. The maximum atomic E-state index is 12.7. The van der Waals surface area contributed by atoms with Gasteiger partial charge in [0.15, 0.2) is 0 Å². The zero-order chi connectivity index (χ0) is 22.6. The number of anilines is 2. The molecule has 1 amide bonds. The first-order valence-corrected chi connectivity index (χ1v) is 12.9. The van der Waals surface area contributed by atoms with Gasteiger partial charge in [0.05, 0.1) is 30.1 Å². The molecule has 0 aliphatic carbocycles. The van der Waals surface area contributed by atoms with Gasteiger partial charge in [-0.25, -0.2) is 16.8 Å². The van der Waals surface area contributed by atoms with E-state index in [1.54, 1.807) is 18.2 Å². The molecule has 11 heteroatoms. The average Bonchev–Trinajstić information content (AvgIpc) is 2.72. The van der Waals surface area contributed by atoms with Crippen LogP contribution in [0.2, 0.25) is 0 Å². The van der Waals surface area contributed by atoms with Crippen LogP contribution in [-0.2, 0) is 29.6 Å². The Labute approximate surface area is 182 Å². The van der Waals surface area contributed by atoms with Crippen LogP contribution in [0.4, 0.5) is 11.4 Å². The predicted octanol–water partition coefficient (Wildman–Crippen LogP) is 1.42. The number of hydrogen-bond donors (Lipinski definition) is 1. The zero-order valence-corrected chi connectivity index (χ0v) is 18.9. The first-order chi connectivity index (χ1) is 14.6. The lowest BCUT2D eigenvalue weighted by atomic mass is 10.2. The second kappa shape index (κ2) is 9.35. The minimum absolute atomic E-state index is 0.116. The van der Waals surface area contributed by atoms with Crippen LogP contribution >= 0.6 is 0 Å². The quantitative estimate of drug-likeness (QED) is 0.659. The third-order valence-corrected chi connectivity index (χ3v) is 7.78. The van der Waals surface area contributed by atoms with Crippen molar-refractivity contribution < 1.29 is 26.4 Å². The second-order valence-corrected chi connectivity index (χ2v) is 11.0. The van der Waals surface area contributed by atoms with E-state index in [-0.39, 0.29) is 4.90 Å². The van der Waals surface area contributed by atoms with Gasteiger partial charge in [0.25, 0.3) is 0 Å². The van der Waals surface area contributed by atoms with Gasteiger partial charge in [-0.2, -0.15) is 4.31 Å². The molecule has 2 aromatic rings. The van der Waals surface area contributed by atoms with E-state index in [1.165, 1.54) is 28.6 Å². The van der Waals surface area contributed by atoms with Crippen LogP contribution in [0.3, 0.4) is 0 Å². The van der Waals surface area contributed by atoms with Crippen LogP contribution in [-0.4, -0.2) is 66.2 Å². The number of aryl methyl sites for hydroxylation is 1. The molecule has 3 rings (SSSR count). The normalized spacial score (nSPS) is 15.4. The summed E-state index contributed by atoms with van der Waals surface area (Å²) in [4.78, 5) is 12.6. The molecule has 1 aliphatic heterocycles. The molecule has 1 fully saturated rings. The molecule has 0 bridgehead atoms. The first kappa shape index (κ1) is 23.2. The molecule has 1 aliphatic rings. The zero-order valence-electron chi connectivity index (χ0n) is 17.3. The SMILES string of the molecule is Cc1cccc(N(CC(=O)Nc2ccc(S(=O)(=O)N3CCOCC3)cc2)S(C)(=O)=O)c1. The summed E-state index contributed by atoms with van der Waals surface area (Å²) in [6, 6.07) is 12.6. The van der Waals surface area contributed by atoms with Gasteiger partial charge < -0.3 is 10.1 Å². The smallest absolute Gasteiger partial charge is 0.245 e. The summed E-state index contributed by atoms with van der Waals surface area (Å²) in [7, 11) is -7.32. The Hall–Kier alpha value is -2.47. The van der Waals surface area contributed by atoms with Crippen LogP contribution in [0.5, 0.6) is 0 Å². The molecular weight excluding hydrogens is 442 g/mol. The molecule has 0 saturated carbocycles. The molecule has 9 nitrogen and oxygen atoms in total. The number of rotatable bonds is 7. The molecule has 0 spiro atoms. The van der Waals surface area contributed by atoms with Crippen LogP contribution in [0, 0.1) is 6.92 Å². The van der Waals surface area contributed by atoms with E-state index in [2.05, 4.69) is 5.32 Å². The third kappa shape index (κ3) is 5.82. The van der Waals surface area contributed by atoms with Crippen molar-refractivity contribution in [3.05, 3.63) is 54.1 Å². The summed E-state index contributed by atoms with van der Waals surface area (Å²) in [5.41, 5.74) is 1.62. The molecule has 31 heavy (non-hydrogen) atoms. The van der Waals surface area contributed by atoms with Gasteiger partial charge in [0.1, 0.15) is 6.54 Å². The fourth-order valence-corrected chi connectivity index (χ4v) is 5.42. The van der Waals surface area contributed by atoms with Gasteiger partial charge in [-0.1, -0.05) is 12.1 Å². The van der Waals surface area contributed by atoms with E-state index in [9.17, 15) is 21.6 Å². The minimum Gasteiger partial charge on any atom is -0.379 e. The Balaban J connectivity index is 1.71. The largest absolute Gasteiger partial charge is 0.379 e. The van der Waals surface area contributed by atoms with Crippen LogP contribution < -0.4 is 9.62 Å². The number of amides is 1. The van der Waals surface area contributed by atoms with Crippen molar-refractivity contribution in [2.24, 2.45) is 0 Å². The van der Waals surface area contributed by atoms with Gasteiger partial charge in [-0.15, -0.1) is 0 Å². The summed E-state index contributed by atoms with van der Waals surface area (Å²) in [5.74, 6) is -0.546. The number of sulfonamides is 2. The Kier molecular flexibility index (Phi) is 6.99. The fraction of sp³-hybridized carbons (Fsp3) is 0.350. The number of carbonyl (C=O) groups is 1. The Morgan fingerprint density at radius 1 is 1.06 bits per heavy atom. The summed E-state index contributed by atoms with van der Waals surface area (Å²) in [6.45, 7) is 2.71. The summed E-state index contributed by atoms with van der Waals surface area (Å²) < 4.78 is 57.3. The average molecular weight is 468 g/mol. The van der Waals surface area contributed by atoms with Gasteiger partial charge in [-0.05, 0) is 48.9 Å². The Bertz CT molecular complexity index is 1140. The van der Waals surface area contributed by atoms with Gasteiger partial charge >= 0.3 is 0 Å². The summed E-state index contributed by atoms with van der Waals surface area (Å²) in [5, 5.41) is 2.61. The highest BCUT2D eigenvalue weighted by molar-refractivity contribution is 7.92. The van der Waals surface area contributed by atoms with Crippen LogP contribution in [0.15, 0.2) is 53.4 Å². The Morgan fingerprint density at radius 3 is 2.29 bits per heavy atom. The fourth-order valence-electron chi connectivity index (χ4n) is 3.16. The molecule has 0 radical (unpaired) electrons. The van der Waals surface area contributed by atoms with Gasteiger partial charge in [-0.3, -0.25) is 9.10 Å². The van der Waals surface area contributed by atoms with Crippen molar-refractivity contribution in [3.63, 3.8) is 0 Å². The first-order valence-electron chi connectivity index (χ1n) is 9.59. The monoisotopic (exact) mass is 467 g/mol. The van der Waals surface area contributed by atoms with Crippen LogP contribution in [0.25, 0.3) is 0 Å². The van der Waals surface area contributed by atoms with E-state index < -0.39 is 32.5 Å². The summed E-state index contributed by atoms with van der Waals surface area (Å²) in [6.07, 6.45) is 1.04. The van der Waals surface area contributed by atoms with E-state index in [1.807, 2.05) is 13.0 Å². The van der Waals surface area contributed by atoms with E-state index in [0.717, 1.165) is 16.1 Å². The highest BCUT2D eigenvalue weighted by Gasteiger charge is 2.26. The number of ether oxygens (including phenoxy) is 1. The number of benzene rings is 2. The summed E-state index contributed by atoms with van der Waals surface area (Å²) >= 11 is 0. The molecule has 168 valence electrons. The molecular formula is C20H25N3O6S2. The van der Waals surface area contributed by atoms with E-state index >= 15 is 0 Å². The molecule has 1 N–H and O–H groups in total. The maximum Gasteiger partial charge on any atom is 0.245 e. The highest BCUT2D eigenvalue weighted by atomic mass is 32.2. The third-order valence-electron chi connectivity index (χ3n) is 4.72. The van der Waals surface area contributed by atoms with Crippen molar-refractivity contribution in [1.29, 1.82) is 0 Å². The van der Waals surface area contributed by atoms with E-state index in [4.69, 9.17) is 4.74 Å². The maximum absolute atomic E-state index is 12.7. The minimum atomic E-state index is -3.68. The molecule has 1 heterocycles. The number of carbonyl (C=O) groups excluding carboxylic acids is 1. The van der Waals surface area contributed by atoms with Gasteiger partial charge in [0.2, 0.25) is 26.0 Å². The van der Waals surface area contributed by atoms with Crippen molar-refractivity contribution in [2.45, 2.75) is 11.8 Å². The lowest BCUT2D eigenvalue weighted by Crippen LogP contribution is -2.40. The number of morpholine rings is 1. The van der Waals surface area contributed by atoms with Crippen LogP contribution in [0.1, 0.15) is 5.56 Å². The standard InChI is InChI=1S/C20H25N3O6S2/c1-16-4-3-5-18(14-16)23(30(2,25)26)15-20(24)21-17-6-8-19(9-7-17)31(27,28)22-10-12-29-13-11-22/h3-9,14H,10-13,15H2,1-2H3,(H,21,24). The van der Waals surface area contributed by atoms with Crippen molar-refractivity contribution in [3.8, 4) is 0 Å². The topological polar surface area (TPSA) is 113 Å².